The van der Waals surface area contributed by atoms with Crippen LogP contribution >= 0.6 is 23.2 Å². The molecular weight excluding hydrogens is 347 g/mol. The topological polar surface area (TPSA) is 58.9 Å². The normalized spacial score (nSPS) is 17.5. The molecule has 1 amide bonds. The Labute approximate surface area is 133 Å². The summed E-state index contributed by atoms with van der Waals surface area (Å²) < 4.78 is 26.2. The minimum Gasteiger partial charge on any atom is -1.00 e. The zero-order valence-electron chi connectivity index (χ0n) is 10.4. The van der Waals surface area contributed by atoms with E-state index in [2.05, 4.69) is 0 Å². The number of benzene rings is 1. The number of quaternary nitrogens is 1. The lowest BCUT2D eigenvalue weighted by molar-refractivity contribution is -0.815. The van der Waals surface area contributed by atoms with Gasteiger partial charge in [0.1, 0.15) is 4.90 Å². The number of sulfonamides is 1. The van der Waals surface area contributed by atoms with Crippen LogP contribution in [0, 0.1) is 0 Å². The summed E-state index contributed by atoms with van der Waals surface area (Å²) in [7, 11) is -3.66. The molecule has 0 radical (unpaired) electrons. The zero-order valence-corrected chi connectivity index (χ0v) is 13.4. The molecule has 112 valence electrons. The van der Waals surface area contributed by atoms with E-state index in [1.54, 1.807) is 0 Å². The molecule has 1 saturated heterocycles. The van der Waals surface area contributed by atoms with Crippen molar-refractivity contribution in [2.45, 2.75) is 4.90 Å². The Bertz CT molecular complexity index is 587. The Morgan fingerprint density at radius 3 is 2.35 bits per heavy atom. The predicted molar refractivity (Wildman–Crippen MR) is 72.0 cm³/mol. The average Bonchev–Trinajstić information content (AvgIpc) is 2.41. The van der Waals surface area contributed by atoms with Crippen LogP contribution < -0.4 is 17.3 Å². The predicted octanol–water partition coefficient (Wildman–Crippen LogP) is -2.96. The molecule has 5 nitrogen and oxygen atoms in total. The van der Waals surface area contributed by atoms with Crippen LogP contribution in [0.3, 0.4) is 0 Å². The SMILES string of the molecule is O=C[NH+]1CCN(S(=O)(=O)c2cc(Cl)ccc2Cl)CC1.[Cl-]. The largest absolute Gasteiger partial charge is 1.00 e. The van der Waals surface area contributed by atoms with Crippen LogP contribution in [0.2, 0.25) is 10.0 Å². The molecule has 0 unspecified atom stereocenters. The van der Waals surface area contributed by atoms with Crippen LogP contribution in [0.5, 0.6) is 0 Å². The van der Waals surface area contributed by atoms with Gasteiger partial charge in [0.2, 0.25) is 10.0 Å². The lowest BCUT2D eigenvalue weighted by Crippen LogP contribution is -3.14. The van der Waals surface area contributed by atoms with E-state index in [9.17, 15) is 13.2 Å². The summed E-state index contributed by atoms with van der Waals surface area (Å²) in [5.41, 5.74) is 0. The van der Waals surface area contributed by atoms with Crippen LogP contribution in [-0.2, 0) is 14.8 Å². The van der Waals surface area contributed by atoms with Crippen molar-refractivity contribution < 1.29 is 30.5 Å². The molecule has 1 N–H and O–H groups in total. The van der Waals surface area contributed by atoms with Gasteiger partial charge >= 0.3 is 0 Å². The number of amides is 1. The van der Waals surface area contributed by atoms with E-state index in [1.165, 1.54) is 22.5 Å². The molecule has 1 heterocycles. The molecule has 0 bridgehead atoms. The first-order valence-electron chi connectivity index (χ1n) is 5.70. The average molecular weight is 360 g/mol. The zero-order chi connectivity index (χ0) is 14.0. The van der Waals surface area contributed by atoms with Crippen molar-refractivity contribution in [1.82, 2.24) is 4.31 Å². The smallest absolute Gasteiger partial charge is 0.299 e. The second-order valence-electron chi connectivity index (χ2n) is 4.25. The quantitative estimate of drug-likeness (QED) is 0.587. The summed E-state index contributed by atoms with van der Waals surface area (Å²) in [5.74, 6) is 0. The molecule has 0 aromatic heterocycles. The van der Waals surface area contributed by atoms with E-state index < -0.39 is 10.0 Å². The summed E-state index contributed by atoms with van der Waals surface area (Å²) in [6, 6.07) is 4.35. The lowest BCUT2D eigenvalue weighted by Gasteiger charge is -2.28. The molecule has 1 aliphatic heterocycles. The van der Waals surface area contributed by atoms with E-state index in [1.807, 2.05) is 0 Å². The highest BCUT2D eigenvalue weighted by Crippen LogP contribution is 2.27. The minimum atomic E-state index is -3.66. The van der Waals surface area contributed by atoms with Crippen LogP contribution in [0.4, 0.5) is 0 Å². The van der Waals surface area contributed by atoms with Gasteiger partial charge in [-0.1, -0.05) is 23.2 Å². The molecule has 20 heavy (non-hydrogen) atoms. The molecule has 1 aliphatic rings. The Morgan fingerprint density at radius 2 is 1.80 bits per heavy atom. The maximum atomic E-state index is 12.4. The number of halogens is 3. The number of nitrogens with one attached hydrogen (secondary N) is 1. The second kappa shape index (κ2) is 7.06. The molecule has 0 spiro atoms. The van der Waals surface area contributed by atoms with Crippen molar-refractivity contribution in [1.29, 1.82) is 0 Å². The highest BCUT2D eigenvalue weighted by molar-refractivity contribution is 7.89. The Hall–Kier alpha value is -0.370. The fraction of sp³-hybridized carbons (Fsp3) is 0.364. The third kappa shape index (κ3) is 3.63. The van der Waals surface area contributed by atoms with Crippen molar-refractivity contribution in [3.63, 3.8) is 0 Å². The highest BCUT2D eigenvalue weighted by atomic mass is 35.5. The molecule has 0 saturated carbocycles. The summed E-state index contributed by atoms with van der Waals surface area (Å²) in [6.07, 6.45) is 0.802. The van der Waals surface area contributed by atoms with Crippen LogP contribution in [0.25, 0.3) is 0 Å². The Kier molecular flexibility index (Phi) is 6.25. The first kappa shape index (κ1) is 17.7. The third-order valence-electron chi connectivity index (χ3n) is 3.04. The van der Waals surface area contributed by atoms with Gasteiger partial charge in [0.25, 0.3) is 6.41 Å². The van der Waals surface area contributed by atoms with Crippen molar-refractivity contribution in [2.24, 2.45) is 0 Å². The first-order valence-corrected chi connectivity index (χ1v) is 7.90. The van der Waals surface area contributed by atoms with E-state index in [-0.39, 0.29) is 22.3 Å². The van der Waals surface area contributed by atoms with Gasteiger partial charge in [-0.25, -0.2) is 13.2 Å². The molecule has 2 rings (SSSR count). The maximum Gasteiger partial charge on any atom is 0.299 e. The Balaban J connectivity index is 0.00000200. The van der Waals surface area contributed by atoms with Crippen molar-refractivity contribution in [2.75, 3.05) is 26.2 Å². The van der Waals surface area contributed by atoms with Gasteiger partial charge in [-0.2, -0.15) is 4.31 Å². The van der Waals surface area contributed by atoms with Gasteiger partial charge in [0.05, 0.1) is 31.2 Å². The fourth-order valence-electron chi connectivity index (χ4n) is 1.95. The number of hydrogen-bond donors (Lipinski definition) is 1. The van der Waals surface area contributed by atoms with Gasteiger partial charge in [-0.15, -0.1) is 0 Å². The lowest BCUT2D eigenvalue weighted by atomic mass is 10.4. The molecule has 0 atom stereocenters. The molecule has 0 aliphatic carbocycles. The van der Waals surface area contributed by atoms with Gasteiger partial charge in [-0.05, 0) is 18.2 Å². The van der Waals surface area contributed by atoms with Gasteiger partial charge < -0.3 is 12.4 Å². The first-order chi connectivity index (χ1) is 8.95. The monoisotopic (exact) mass is 358 g/mol. The van der Waals surface area contributed by atoms with Crippen molar-refractivity contribution in [3.05, 3.63) is 28.2 Å². The number of hydrogen-bond acceptors (Lipinski definition) is 3. The second-order valence-corrected chi connectivity index (χ2v) is 7.00. The van der Waals surface area contributed by atoms with Crippen molar-refractivity contribution in [3.8, 4) is 0 Å². The standard InChI is InChI=1S/C11H12Cl2N2O3S.ClH/c12-9-1-2-10(13)11(7-9)19(17,18)15-5-3-14(8-16)4-6-15;/h1-2,7-8H,3-6H2;1H. The van der Waals surface area contributed by atoms with E-state index in [0.29, 0.717) is 31.2 Å². The van der Waals surface area contributed by atoms with Crippen LogP contribution in [0.1, 0.15) is 0 Å². The van der Waals surface area contributed by atoms with Gasteiger partial charge in [-0.3, -0.25) is 4.90 Å². The Morgan fingerprint density at radius 1 is 1.20 bits per heavy atom. The van der Waals surface area contributed by atoms with Gasteiger partial charge in [0.15, 0.2) is 0 Å². The van der Waals surface area contributed by atoms with E-state index >= 15 is 0 Å². The van der Waals surface area contributed by atoms with Crippen molar-refractivity contribution >= 4 is 39.6 Å². The minimum absolute atomic E-state index is 0. The highest BCUT2D eigenvalue weighted by Gasteiger charge is 2.31. The molecular formula is C11H13Cl3N2O3S. The van der Waals surface area contributed by atoms with Crippen LogP contribution in [-0.4, -0.2) is 45.3 Å². The molecule has 1 fully saturated rings. The summed E-state index contributed by atoms with van der Waals surface area (Å²) in [5, 5.41) is 0.467. The maximum absolute atomic E-state index is 12.4. The number of carbonyl (C=O) groups is 1. The van der Waals surface area contributed by atoms with E-state index in [0.717, 1.165) is 11.3 Å². The summed E-state index contributed by atoms with van der Waals surface area (Å²) >= 11 is 11.7. The van der Waals surface area contributed by atoms with Crippen LogP contribution in [0.15, 0.2) is 23.1 Å². The van der Waals surface area contributed by atoms with Gasteiger partial charge in [0, 0.05) is 5.02 Å². The van der Waals surface area contributed by atoms with E-state index in [4.69, 9.17) is 23.2 Å². The summed E-state index contributed by atoms with van der Waals surface area (Å²) in [4.78, 5) is 11.4. The number of nitrogens with zero attached hydrogens (tertiary/aromatic N) is 1. The molecule has 9 heteroatoms. The third-order valence-corrected chi connectivity index (χ3v) is 5.66. The fourth-order valence-corrected chi connectivity index (χ4v) is 4.12. The number of carbonyl (C=O) groups excluding carboxylic acids is 1. The number of piperazine rings is 1. The number of rotatable bonds is 3. The molecule has 1 aromatic carbocycles. The summed E-state index contributed by atoms with van der Waals surface area (Å²) in [6.45, 7) is 1.50. The molecule has 1 aromatic rings.